The fourth-order valence-electron chi connectivity index (χ4n) is 3.05. The summed E-state index contributed by atoms with van der Waals surface area (Å²) in [5.41, 5.74) is 5.12. The van der Waals surface area contributed by atoms with Crippen LogP contribution in [0.3, 0.4) is 0 Å². The molecule has 0 bridgehead atoms. The molecule has 0 fully saturated rings. The van der Waals surface area contributed by atoms with Gasteiger partial charge in [-0.15, -0.1) is 0 Å². The normalized spacial score (nSPS) is 12.2. The molecule has 29 heavy (non-hydrogen) atoms. The molecule has 2 aromatic carbocycles. The highest BCUT2D eigenvalue weighted by Gasteiger charge is 2.19. The summed E-state index contributed by atoms with van der Waals surface area (Å²) in [6.45, 7) is 9.95. The molecule has 0 aliphatic carbocycles. The predicted molar refractivity (Wildman–Crippen MR) is 119 cm³/mol. The van der Waals surface area contributed by atoms with Gasteiger partial charge in [0.15, 0.2) is 6.10 Å². The van der Waals surface area contributed by atoms with E-state index < -0.39 is 12.1 Å². The van der Waals surface area contributed by atoms with Crippen molar-refractivity contribution in [2.45, 2.75) is 59.5 Å². The van der Waals surface area contributed by atoms with E-state index in [4.69, 9.17) is 4.74 Å². The van der Waals surface area contributed by atoms with Crippen LogP contribution in [0.1, 0.15) is 62.8 Å². The van der Waals surface area contributed by atoms with Gasteiger partial charge in [-0.2, -0.15) is 0 Å². The summed E-state index contributed by atoms with van der Waals surface area (Å²) in [5, 5.41) is 2.94. The number of benzene rings is 2. The molecule has 154 valence electrons. The second-order valence-corrected chi connectivity index (χ2v) is 7.38. The second-order valence-electron chi connectivity index (χ2n) is 7.38. The highest BCUT2D eigenvalue weighted by atomic mass is 16.5. The van der Waals surface area contributed by atoms with Crippen molar-refractivity contribution in [2.75, 3.05) is 5.32 Å². The van der Waals surface area contributed by atoms with Crippen molar-refractivity contribution in [2.24, 2.45) is 0 Å². The Morgan fingerprint density at radius 3 is 2.07 bits per heavy atom. The Labute approximate surface area is 174 Å². The van der Waals surface area contributed by atoms with Crippen LogP contribution in [0.15, 0.2) is 48.5 Å². The molecule has 0 unspecified atom stereocenters. The van der Waals surface area contributed by atoms with Gasteiger partial charge in [0.05, 0.1) is 0 Å². The minimum atomic E-state index is -0.884. The minimum absolute atomic E-state index is 0.330. The van der Waals surface area contributed by atoms with Crippen LogP contribution in [0.2, 0.25) is 0 Å². The molecular formula is C25H31NO3. The SMILES string of the molecule is CCc1cccc(CC)c1NC(=O)[C@@H](C)OC(=O)/C=C/c1ccc(C(C)C)cc1. The summed E-state index contributed by atoms with van der Waals surface area (Å²) in [6.07, 6.45) is 3.79. The molecule has 4 nitrogen and oxygen atoms in total. The number of ether oxygens (including phenoxy) is 1. The van der Waals surface area contributed by atoms with Gasteiger partial charge in [0.2, 0.25) is 0 Å². The molecule has 0 saturated carbocycles. The number of anilines is 1. The van der Waals surface area contributed by atoms with Gasteiger partial charge in [-0.25, -0.2) is 4.79 Å². The highest BCUT2D eigenvalue weighted by molar-refractivity contribution is 5.97. The molecule has 1 N–H and O–H groups in total. The molecule has 1 amide bonds. The first-order valence-corrected chi connectivity index (χ1v) is 10.3. The number of para-hydroxylation sites is 1. The lowest BCUT2D eigenvalue weighted by Crippen LogP contribution is -2.30. The lowest BCUT2D eigenvalue weighted by molar-refractivity contribution is -0.148. The van der Waals surface area contributed by atoms with Gasteiger partial charge in [-0.1, -0.05) is 70.2 Å². The number of aryl methyl sites for hydroxylation is 2. The van der Waals surface area contributed by atoms with Gasteiger partial charge in [0, 0.05) is 11.8 Å². The molecule has 2 rings (SSSR count). The van der Waals surface area contributed by atoms with Gasteiger partial charge >= 0.3 is 5.97 Å². The van der Waals surface area contributed by atoms with Crippen LogP contribution in [-0.4, -0.2) is 18.0 Å². The Morgan fingerprint density at radius 2 is 1.55 bits per heavy atom. The number of rotatable bonds is 8. The standard InChI is InChI=1S/C25H31NO3/c1-6-20-9-8-10-21(7-2)24(20)26-25(28)18(5)29-23(27)16-13-19-11-14-22(15-12-19)17(3)4/h8-18H,6-7H2,1-5H3,(H,26,28)/b16-13+/t18-/m1/s1. The van der Waals surface area contributed by atoms with Crippen molar-refractivity contribution in [3.8, 4) is 0 Å². The number of carbonyl (C=O) groups is 2. The molecule has 0 spiro atoms. The quantitative estimate of drug-likeness (QED) is 0.475. The van der Waals surface area contributed by atoms with E-state index in [0.717, 1.165) is 35.2 Å². The van der Waals surface area contributed by atoms with Crippen molar-refractivity contribution in [3.63, 3.8) is 0 Å². The van der Waals surface area contributed by atoms with Crippen molar-refractivity contribution in [1.82, 2.24) is 0 Å². The maximum atomic E-state index is 12.5. The molecular weight excluding hydrogens is 362 g/mol. The summed E-state index contributed by atoms with van der Waals surface area (Å²) in [6, 6.07) is 14.0. The van der Waals surface area contributed by atoms with Crippen LogP contribution in [0, 0.1) is 0 Å². The van der Waals surface area contributed by atoms with Crippen molar-refractivity contribution < 1.29 is 14.3 Å². The monoisotopic (exact) mass is 393 g/mol. The largest absolute Gasteiger partial charge is 0.449 e. The van der Waals surface area contributed by atoms with Crippen LogP contribution in [-0.2, 0) is 27.2 Å². The van der Waals surface area contributed by atoms with E-state index in [2.05, 4.69) is 19.2 Å². The van der Waals surface area contributed by atoms with E-state index >= 15 is 0 Å². The summed E-state index contributed by atoms with van der Waals surface area (Å²) >= 11 is 0. The van der Waals surface area contributed by atoms with E-state index in [1.807, 2.05) is 56.3 Å². The average molecular weight is 394 g/mol. The lowest BCUT2D eigenvalue weighted by atomic mass is 10.0. The summed E-state index contributed by atoms with van der Waals surface area (Å²) in [7, 11) is 0. The number of hydrogen-bond donors (Lipinski definition) is 1. The van der Waals surface area contributed by atoms with E-state index in [0.29, 0.717) is 5.92 Å². The lowest BCUT2D eigenvalue weighted by Gasteiger charge is -2.17. The number of esters is 1. The van der Waals surface area contributed by atoms with E-state index in [9.17, 15) is 9.59 Å². The number of nitrogens with one attached hydrogen (secondary N) is 1. The summed E-state index contributed by atoms with van der Waals surface area (Å²) in [5.74, 6) is -0.410. The minimum Gasteiger partial charge on any atom is -0.449 e. The van der Waals surface area contributed by atoms with Crippen LogP contribution < -0.4 is 5.32 Å². The van der Waals surface area contributed by atoms with Crippen LogP contribution in [0.25, 0.3) is 6.08 Å². The molecule has 0 aliphatic heterocycles. The van der Waals surface area contributed by atoms with Gasteiger partial charge in [0.25, 0.3) is 5.91 Å². The zero-order chi connectivity index (χ0) is 21.4. The fourth-order valence-corrected chi connectivity index (χ4v) is 3.05. The zero-order valence-corrected chi connectivity index (χ0v) is 18.0. The number of hydrogen-bond acceptors (Lipinski definition) is 3. The first-order valence-electron chi connectivity index (χ1n) is 10.3. The Kier molecular flexibility index (Phi) is 8.20. The van der Waals surface area contributed by atoms with Crippen LogP contribution in [0.5, 0.6) is 0 Å². The van der Waals surface area contributed by atoms with E-state index in [1.54, 1.807) is 13.0 Å². The van der Waals surface area contributed by atoms with E-state index in [-0.39, 0.29) is 5.91 Å². The molecule has 2 aromatic rings. The Bertz CT molecular complexity index is 844. The molecule has 0 saturated heterocycles. The van der Waals surface area contributed by atoms with Gasteiger partial charge in [-0.3, -0.25) is 4.79 Å². The molecule has 0 aliphatic rings. The Balaban J connectivity index is 1.98. The molecule has 0 radical (unpaired) electrons. The second kappa shape index (κ2) is 10.6. The Morgan fingerprint density at radius 1 is 0.966 bits per heavy atom. The smallest absolute Gasteiger partial charge is 0.331 e. The summed E-state index contributed by atoms with van der Waals surface area (Å²) in [4.78, 5) is 24.7. The molecule has 0 aromatic heterocycles. The van der Waals surface area contributed by atoms with Gasteiger partial charge in [0.1, 0.15) is 0 Å². The average Bonchev–Trinajstić information content (AvgIpc) is 2.72. The van der Waals surface area contributed by atoms with E-state index in [1.165, 1.54) is 11.6 Å². The van der Waals surface area contributed by atoms with Crippen LogP contribution in [0.4, 0.5) is 5.69 Å². The van der Waals surface area contributed by atoms with Crippen molar-refractivity contribution >= 4 is 23.6 Å². The maximum absolute atomic E-state index is 12.5. The summed E-state index contributed by atoms with van der Waals surface area (Å²) < 4.78 is 5.28. The highest BCUT2D eigenvalue weighted by Crippen LogP contribution is 2.23. The number of carbonyl (C=O) groups excluding carboxylic acids is 2. The third-order valence-corrected chi connectivity index (χ3v) is 4.92. The third kappa shape index (κ3) is 6.31. The molecule has 4 heteroatoms. The molecule has 0 heterocycles. The Hall–Kier alpha value is -2.88. The van der Waals surface area contributed by atoms with Gasteiger partial charge < -0.3 is 10.1 Å². The first-order chi connectivity index (χ1) is 13.8. The topological polar surface area (TPSA) is 55.4 Å². The predicted octanol–water partition coefficient (Wildman–Crippen LogP) is 5.52. The van der Waals surface area contributed by atoms with Gasteiger partial charge in [-0.05, 0) is 54.0 Å². The van der Waals surface area contributed by atoms with Crippen molar-refractivity contribution in [3.05, 3.63) is 70.8 Å². The van der Waals surface area contributed by atoms with Crippen molar-refractivity contribution in [1.29, 1.82) is 0 Å². The third-order valence-electron chi connectivity index (χ3n) is 4.92. The molecule has 1 atom stereocenters. The fraction of sp³-hybridized carbons (Fsp3) is 0.360. The zero-order valence-electron chi connectivity index (χ0n) is 18.0. The van der Waals surface area contributed by atoms with Crippen LogP contribution >= 0.6 is 0 Å². The first kappa shape index (κ1) is 22.4. The maximum Gasteiger partial charge on any atom is 0.331 e. The number of amides is 1.